The van der Waals surface area contributed by atoms with Gasteiger partial charge in [0.25, 0.3) is 0 Å². The molecule has 0 radical (unpaired) electrons. The Morgan fingerprint density at radius 2 is 2.24 bits per heavy atom. The van der Waals surface area contributed by atoms with Crippen molar-refractivity contribution < 1.29 is 9.47 Å². The van der Waals surface area contributed by atoms with Crippen molar-refractivity contribution in [2.24, 2.45) is 11.7 Å². The van der Waals surface area contributed by atoms with Crippen molar-refractivity contribution in [2.45, 2.75) is 19.4 Å². The number of amidine groups is 1. The predicted molar refractivity (Wildman–Crippen MR) is 83.9 cm³/mol. The fourth-order valence-electron chi connectivity index (χ4n) is 2.98. The monoisotopic (exact) mass is 291 g/mol. The number of methoxy groups -OCH3 is 2. The van der Waals surface area contributed by atoms with E-state index in [0.29, 0.717) is 17.2 Å². The van der Waals surface area contributed by atoms with Crippen LogP contribution < -0.4 is 10.5 Å². The Kier molecular flexibility index (Phi) is 5.59. The lowest BCUT2D eigenvalue weighted by molar-refractivity contribution is 0.0873. The molecule has 1 unspecified atom stereocenters. The first-order valence-electron chi connectivity index (χ1n) is 7.36. The zero-order valence-corrected chi connectivity index (χ0v) is 12.9. The first-order valence-corrected chi connectivity index (χ1v) is 7.36. The summed E-state index contributed by atoms with van der Waals surface area (Å²) in [6.07, 6.45) is 2.47. The number of nitrogens with zero attached hydrogens (tertiary/aromatic N) is 1. The number of nitrogen functional groups attached to an aromatic ring is 1. The molecule has 0 saturated carbocycles. The van der Waals surface area contributed by atoms with Crippen molar-refractivity contribution in [3.8, 4) is 5.75 Å². The molecule has 1 aromatic rings. The topological polar surface area (TPSA) is 71.6 Å². The highest BCUT2D eigenvalue weighted by molar-refractivity contribution is 5.97. The number of nitrogens with one attached hydrogen (secondary N) is 1. The molecule has 1 atom stereocenters. The number of nitrogens with two attached hydrogens (primary N) is 1. The van der Waals surface area contributed by atoms with Crippen LogP contribution in [0.15, 0.2) is 18.2 Å². The maximum atomic E-state index is 7.55. The van der Waals surface area contributed by atoms with Gasteiger partial charge in [-0.25, -0.2) is 0 Å². The Morgan fingerprint density at radius 3 is 2.90 bits per heavy atom. The minimum Gasteiger partial charge on any atom is -0.496 e. The van der Waals surface area contributed by atoms with Crippen LogP contribution in [-0.4, -0.2) is 44.7 Å². The van der Waals surface area contributed by atoms with Gasteiger partial charge in [-0.15, -0.1) is 0 Å². The average Bonchev–Trinajstić information content (AvgIpc) is 2.47. The van der Waals surface area contributed by atoms with E-state index in [-0.39, 0.29) is 5.84 Å². The Morgan fingerprint density at radius 1 is 1.43 bits per heavy atom. The van der Waals surface area contributed by atoms with E-state index in [4.69, 9.17) is 20.6 Å². The molecule has 2 rings (SSSR count). The highest BCUT2D eigenvalue weighted by Gasteiger charge is 2.20. The number of benzene rings is 1. The van der Waals surface area contributed by atoms with Gasteiger partial charge in [-0.05, 0) is 43.0 Å². The molecule has 5 heteroatoms. The molecule has 5 nitrogen and oxygen atoms in total. The lowest BCUT2D eigenvalue weighted by atomic mass is 9.98. The molecule has 116 valence electrons. The number of hydrogen-bond acceptors (Lipinski definition) is 4. The molecule has 1 saturated heterocycles. The molecule has 0 bridgehead atoms. The van der Waals surface area contributed by atoms with Crippen LogP contribution in [-0.2, 0) is 11.3 Å². The molecule has 0 spiro atoms. The minimum absolute atomic E-state index is 0.0385. The summed E-state index contributed by atoms with van der Waals surface area (Å²) >= 11 is 0. The second-order valence-electron chi connectivity index (χ2n) is 5.65. The zero-order chi connectivity index (χ0) is 15.2. The lowest BCUT2D eigenvalue weighted by Crippen LogP contribution is -2.36. The Labute approximate surface area is 126 Å². The van der Waals surface area contributed by atoms with Crippen LogP contribution in [0.25, 0.3) is 0 Å². The number of ether oxygens (including phenoxy) is 2. The lowest BCUT2D eigenvalue weighted by Gasteiger charge is -2.32. The summed E-state index contributed by atoms with van der Waals surface area (Å²) in [4.78, 5) is 2.45. The van der Waals surface area contributed by atoms with Crippen molar-refractivity contribution >= 4 is 5.84 Å². The van der Waals surface area contributed by atoms with Crippen molar-refractivity contribution in [1.82, 2.24) is 4.90 Å². The van der Waals surface area contributed by atoms with Gasteiger partial charge < -0.3 is 15.2 Å². The van der Waals surface area contributed by atoms with Crippen LogP contribution in [0.5, 0.6) is 5.75 Å². The van der Waals surface area contributed by atoms with E-state index in [2.05, 4.69) is 4.90 Å². The Balaban J connectivity index is 2.04. The van der Waals surface area contributed by atoms with Crippen LogP contribution >= 0.6 is 0 Å². The van der Waals surface area contributed by atoms with Gasteiger partial charge in [0.15, 0.2) is 0 Å². The second-order valence-corrected chi connectivity index (χ2v) is 5.65. The third-order valence-electron chi connectivity index (χ3n) is 3.97. The molecular weight excluding hydrogens is 266 g/mol. The van der Waals surface area contributed by atoms with Crippen LogP contribution in [0.3, 0.4) is 0 Å². The van der Waals surface area contributed by atoms with Crippen molar-refractivity contribution in [2.75, 3.05) is 33.9 Å². The molecule has 21 heavy (non-hydrogen) atoms. The standard InChI is InChI=1S/C16H25N3O2/c1-20-11-13-4-3-7-19(10-13)9-12-5-6-14(16(17)18)15(8-12)21-2/h5-6,8,13H,3-4,7,9-11H2,1-2H3,(H3,17,18). The number of likely N-dealkylation sites (tertiary alicyclic amines) is 1. The summed E-state index contributed by atoms with van der Waals surface area (Å²) in [6.45, 7) is 3.93. The summed E-state index contributed by atoms with van der Waals surface area (Å²) < 4.78 is 10.6. The van der Waals surface area contributed by atoms with Gasteiger partial charge in [0, 0.05) is 20.2 Å². The van der Waals surface area contributed by atoms with Crippen molar-refractivity contribution in [3.05, 3.63) is 29.3 Å². The number of piperidine rings is 1. The van der Waals surface area contributed by atoms with E-state index < -0.39 is 0 Å². The quantitative estimate of drug-likeness (QED) is 0.619. The second kappa shape index (κ2) is 7.43. The molecule has 0 aliphatic carbocycles. The van der Waals surface area contributed by atoms with Gasteiger partial charge in [-0.1, -0.05) is 6.07 Å². The van der Waals surface area contributed by atoms with Gasteiger partial charge in [0.1, 0.15) is 11.6 Å². The smallest absolute Gasteiger partial charge is 0.130 e. The molecule has 1 heterocycles. The molecule has 1 aliphatic heterocycles. The van der Waals surface area contributed by atoms with E-state index in [9.17, 15) is 0 Å². The molecular formula is C16H25N3O2. The maximum Gasteiger partial charge on any atom is 0.130 e. The Bertz CT molecular complexity index is 488. The average molecular weight is 291 g/mol. The minimum atomic E-state index is 0.0385. The molecule has 1 fully saturated rings. The van der Waals surface area contributed by atoms with Gasteiger partial charge >= 0.3 is 0 Å². The molecule has 0 amide bonds. The molecule has 1 aromatic carbocycles. The summed E-state index contributed by atoms with van der Waals surface area (Å²) in [5.74, 6) is 1.34. The van der Waals surface area contributed by atoms with Crippen molar-refractivity contribution in [1.29, 1.82) is 5.41 Å². The number of rotatable bonds is 6. The third kappa shape index (κ3) is 4.19. The summed E-state index contributed by atoms with van der Waals surface area (Å²) in [6, 6.07) is 5.88. The highest BCUT2D eigenvalue weighted by Crippen LogP contribution is 2.23. The number of hydrogen-bond donors (Lipinski definition) is 2. The predicted octanol–water partition coefficient (Wildman–Crippen LogP) is 1.84. The first-order chi connectivity index (χ1) is 10.1. The third-order valence-corrected chi connectivity index (χ3v) is 3.97. The zero-order valence-electron chi connectivity index (χ0n) is 12.9. The normalized spacial score (nSPS) is 19.4. The van der Waals surface area contributed by atoms with Crippen molar-refractivity contribution in [3.63, 3.8) is 0 Å². The van der Waals surface area contributed by atoms with E-state index >= 15 is 0 Å². The molecule has 1 aliphatic rings. The molecule has 0 aromatic heterocycles. The van der Waals surface area contributed by atoms with Gasteiger partial charge in [0.2, 0.25) is 0 Å². The first kappa shape index (κ1) is 15.8. The SMILES string of the molecule is COCC1CCCN(Cc2ccc(C(=N)N)c(OC)c2)C1. The Hall–Kier alpha value is -1.59. The van der Waals surface area contributed by atoms with E-state index in [1.54, 1.807) is 14.2 Å². The van der Waals surface area contributed by atoms with Gasteiger partial charge in [-0.2, -0.15) is 0 Å². The fraction of sp³-hybridized carbons (Fsp3) is 0.562. The van der Waals surface area contributed by atoms with Crippen LogP contribution in [0.1, 0.15) is 24.0 Å². The van der Waals surface area contributed by atoms with E-state index in [0.717, 1.165) is 26.2 Å². The van der Waals surface area contributed by atoms with E-state index in [1.807, 2.05) is 18.2 Å². The highest BCUT2D eigenvalue weighted by atomic mass is 16.5. The fourth-order valence-corrected chi connectivity index (χ4v) is 2.98. The van der Waals surface area contributed by atoms with Crippen LogP contribution in [0.4, 0.5) is 0 Å². The van der Waals surface area contributed by atoms with E-state index in [1.165, 1.54) is 18.4 Å². The van der Waals surface area contributed by atoms with Gasteiger partial charge in [-0.3, -0.25) is 10.3 Å². The van der Waals surface area contributed by atoms with Crippen LogP contribution in [0.2, 0.25) is 0 Å². The maximum absolute atomic E-state index is 7.55. The summed E-state index contributed by atoms with van der Waals surface area (Å²) in [5, 5.41) is 7.55. The molecule has 3 N–H and O–H groups in total. The summed E-state index contributed by atoms with van der Waals surface area (Å²) in [5.41, 5.74) is 7.39. The van der Waals surface area contributed by atoms with Crippen LogP contribution in [0, 0.1) is 11.3 Å². The summed E-state index contributed by atoms with van der Waals surface area (Å²) in [7, 11) is 3.38. The van der Waals surface area contributed by atoms with Gasteiger partial charge in [0.05, 0.1) is 19.3 Å². The largest absolute Gasteiger partial charge is 0.496 e.